The van der Waals surface area contributed by atoms with Gasteiger partial charge in [-0.15, -0.1) is 5.10 Å². The number of carbonyl (C=O) groups excluding carboxylic acids is 1. The Morgan fingerprint density at radius 2 is 1.76 bits per heavy atom. The maximum absolute atomic E-state index is 13.1. The predicted molar refractivity (Wildman–Crippen MR) is 121 cm³/mol. The molecule has 1 aliphatic heterocycles. The summed E-state index contributed by atoms with van der Waals surface area (Å²) in [5, 5.41) is 11.6. The molecule has 34 heavy (non-hydrogen) atoms. The summed E-state index contributed by atoms with van der Waals surface area (Å²) in [7, 11) is 0. The van der Waals surface area contributed by atoms with Crippen molar-refractivity contribution in [1.82, 2.24) is 20.3 Å². The highest BCUT2D eigenvalue weighted by molar-refractivity contribution is 5.76. The fraction of sp³-hybridized carbons (Fsp3) is 0.400. The Hall–Kier alpha value is -3.20. The Bertz CT molecular complexity index is 1100. The van der Waals surface area contributed by atoms with Crippen LogP contribution in [0.15, 0.2) is 54.6 Å². The molecule has 1 aromatic heterocycles. The minimum absolute atomic E-state index is 0.0172. The van der Waals surface area contributed by atoms with Crippen molar-refractivity contribution in [2.24, 2.45) is 0 Å². The van der Waals surface area contributed by atoms with Crippen molar-refractivity contribution < 1.29 is 22.7 Å². The molecule has 0 radical (unpaired) electrons. The Morgan fingerprint density at radius 1 is 1.03 bits per heavy atom. The monoisotopic (exact) mass is 472 g/mol. The fourth-order valence-electron chi connectivity index (χ4n) is 4.20. The number of halogens is 3. The van der Waals surface area contributed by atoms with Gasteiger partial charge in [-0.05, 0) is 37.5 Å². The Kier molecular flexibility index (Phi) is 7.31. The molecule has 1 unspecified atom stereocenters. The number of hydrogen-bond donors (Lipinski definition) is 1. The lowest BCUT2D eigenvalue weighted by Crippen LogP contribution is -2.38. The van der Waals surface area contributed by atoms with Crippen LogP contribution in [0.5, 0.6) is 0 Å². The molecule has 1 N–H and O–H groups in total. The van der Waals surface area contributed by atoms with Gasteiger partial charge in [-0.3, -0.25) is 4.79 Å². The van der Waals surface area contributed by atoms with Crippen LogP contribution in [0, 0.1) is 0 Å². The quantitative estimate of drug-likeness (QED) is 0.550. The molecule has 1 amide bonds. The summed E-state index contributed by atoms with van der Waals surface area (Å²) >= 11 is 0. The van der Waals surface area contributed by atoms with E-state index in [4.69, 9.17) is 4.74 Å². The Labute approximate surface area is 196 Å². The lowest BCUT2D eigenvalue weighted by Gasteiger charge is -2.26. The highest BCUT2D eigenvalue weighted by Crippen LogP contribution is 2.32. The van der Waals surface area contributed by atoms with Gasteiger partial charge in [0.05, 0.1) is 23.9 Å². The number of carbonyl (C=O) groups is 1. The van der Waals surface area contributed by atoms with Gasteiger partial charge in [0.1, 0.15) is 11.8 Å². The second-order valence-electron chi connectivity index (χ2n) is 8.49. The topological polar surface area (TPSA) is 69.0 Å². The van der Waals surface area contributed by atoms with Crippen LogP contribution in [0.3, 0.4) is 0 Å². The van der Waals surface area contributed by atoms with Gasteiger partial charge in [-0.1, -0.05) is 54.1 Å². The first-order valence-corrected chi connectivity index (χ1v) is 11.4. The van der Waals surface area contributed by atoms with E-state index >= 15 is 0 Å². The highest BCUT2D eigenvalue weighted by atomic mass is 19.4. The molecular weight excluding hydrogens is 445 g/mol. The summed E-state index contributed by atoms with van der Waals surface area (Å²) in [6.07, 6.45) is -2.10. The van der Waals surface area contributed by atoms with E-state index in [1.165, 1.54) is 12.1 Å². The Morgan fingerprint density at radius 3 is 2.47 bits per heavy atom. The first-order valence-electron chi connectivity index (χ1n) is 11.4. The largest absolute Gasteiger partial charge is 0.416 e. The molecule has 4 rings (SSSR count). The van der Waals surface area contributed by atoms with Crippen molar-refractivity contribution in [1.29, 1.82) is 0 Å². The summed E-state index contributed by atoms with van der Waals surface area (Å²) in [5.41, 5.74) is 1.99. The molecular formula is C25H27F3N4O2. The summed E-state index contributed by atoms with van der Waals surface area (Å²) in [6.45, 7) is 2.54. The van der Waals surface area contributed by atoms with Crippen LogP contribution < -0.4 is 5.32 Å². The molecule has 1 aliphatic rings. The van der Waals surface area contributed by atoms with Crippen molar-refractivity contribution >= 4 is 5.91 Å². The van der Waals surface area contributed by atoms with Crippen LogP contribution in [-0.4, -0.2) is 26.9 Å². The zero-order chi connectivity index (χ0) is 24.1. The molecule has 2 bridgehead atoms. The second-order valence-corrected chi connectivity index (χ2v) is 8.49. The van der Waals surface area contributed by atoms with Crippen LogP contribution in [0.2, 0.25) is 0 Å². The molecule has 180 valence electrons. The zero-order valence-electron chi connectivity index (χ0n) is 18.9. The first kappa shape index (κ1) is 23.9. The van der Waals surface area contributed by atoms with E-state index in [9.17, 15) is 18.0 Å². The number of hydrogen-bond acceptors (Lipinski definition) is 4. The van der Waals surface area contributed by atoms with Crippen LogP contribution in [-0.2, 0) is 28.9 Å². The number of aryl methyl sites for hydroxylation is 1. The van der Waals surface area contributed by atoms with Crippen molar-refractivity contribution in [3.05, 3.63) is 71.4 Å². The zero-order valence-corrected chi connectivity index (χ0v) is 18.9. The van der Waals surface area contributed by atoms with Crippen molar-refractivity contribution in [3.63, 3.8) is 0 Å². The fourth-order valence-corrected chi connectivity index (χ4v) is 4.20. The number of alkyl halides is 3. The molecule has 0 saturated carbocycles. The molecule has 6 nitrogen and oxygen atoms in total. The highest BCUT2D eigenvalue weighted by Gasteiger charge is 2.30. The number of rotatable bonds is 2. The number of ether oxygens (including phenoxy) is 1. The van der Waals surface area contributed by atoms with Crippen LogP contribution in [0.25, 0.3) is 11.3 Å². The van der Waals surface area contributed by atoms with Crippen molar-refractivity contribution in [2.45, 2.75) is 64.1 Å². The number of nitrogens with zero attached hydrogens (tertiary/aromatic N) is 3. The summed E-state index contributed by atoms with van der Waals surface area (Å²) in [4.78, 5) is 12.4. The molecule has 2 aromatic carbocycles. The SMILES string of the molecule is C[C@@H]1NC(=O)CCCCCn2nnc(c2-c2ccc(C(F)(F)F)cc2)COC1c1ccccc1. The van der Waals surface area contributed by atoms with Gasteiger partial charge < -0.3 is 10.1 Å². The van der Waals surface area contributed by atoms with Gasteiger partial charge >= 0.3 is 6.18 Å². The number of fused-ring (bicyclic) bond motifs is 2. The Balaban J connectivity index is 1.68. The first-order chi connectivity index (χ1) is 16.3. The van der Waals surface area contributed by atoms with E-state index in [1.807, 2.05) is 37.3 Å². The molecule has 0 aliphatic carbocycles. The average Bonchev–Trinajstić information content (AvgIpc) is 3.21. The number of nitrogens with one attached hydrogen (secondary N) is 1. The number of benzene rings is 2. The van der Waals surface area contributed by atoms with Crippen molar-refractivity contribution in [3.8, 4) is 11.3 Å². The molecule has 3 aromatic rings. The predicted octanol–water partition coefficient (Wildman–Crippen LogP) is 5.30. The molecule has 2 heterocycles. The van der Waals surface area contributed by atoms with Crippen molar-refractivity contribution in [2.75, 3.05) is 0 Å². The lowest BCUT2D eigenvalue weighted by molar-refractivity contribution is -0.137. The molecule has 0 fully saturated rings. The van der Waals surface area contributed by atoms with Crippen LogP contribution >= 0.6 is 0 Å². The van der Waals surface area contributed by atoms with Gasteiger partial charge in [0, 0.05) is 18.5 Å². The third-order valence-electron chi connectivity index (χ3n) is 5.93. The van der Waals surface area contributed by atoms with Crippen LogP contribution in [0.1, 0.15) is 55.5 Å². The van der Waals surface area contributed by atoms with E-state index in [-0.39, 0.29) is 18.6 Å². The molecule has 0 saturated heterocycles. The summed E-state index contributed by atoms with van der Waals surface area (Å²) in [5.74, 6) is -0.0172. The lowest BCUT2D eigenvalue weighted by atomic mass is 10.0. The number of aromatic nitrogens is 3. The standard InChI is InChI=1S/C25H27F3N4O2/c1-17-24(19-8-4-2-5-9-19)34-16-21-23(18-11-13-20(14-12-18)25(26,27)28)32(31-30-21)15-7-3-6-10-22(33)29-17/h2,4-5,8-9,11-14,17,24H,3,6-7,10,15-16H2,1H3,(H,29,33)/t17-,24?/m0/s1. The van der Waals surface area contributed by atoms with E-state index in [2.05, 4.69) is 15.6 Å². The van der Waals surface area contributed by atoms with Gasteiger partial charge in [-0.2, -0.15) is 13.2 Å². The minimum atomic E-state index is -4.40. The van der Waals surface area contributed by atoms with E-state index in [0.717, 1.165) is 37.0 Å². The summed E-state index contributed by atoms with van der Waals surface area (Å²) in [6, 6.07) is 14.3. The van der Waals surface area contributed by atoms with Crippen LogP contribution in [0.4, 0.5) is 13.2 Å². The third kappa shape index (κ3) is 5.64. The van der Waals surface area contributed by atoms with E-state index < -0.39 is 17.8 Å². The van der Waals surface area contributed by atoms with Gasteiger partial charge in [0.2, 0.25) is 5.91 Å². The van der Waals surface area contributed by atoms with Gasteiger partial charge in [0.25, 0.3) is 0 Å². The minimum Gasteiger partial charge on any atom is -0.365 e. The second kappa shape index (κ2) is 10.4. The molecule has 9 heteroatoms. The average molecular weight is 473 g/mol. The maximum atomic E-state index is 13.1. The molecule has 2 atom stereocenters. The normalized spacial score (nSPS) is 20.4. The number of amides is 1. The third-order valence-corrected chi connectivity index (χ3v) is 5.93. The van der Waals surface area contributed by atoms with E-state index in [0.29, 0.717) is 29.9 Å². The van der Waals surface area contributed by atoms with E-state index in [1.54, 1.807) is 4.68 Å². The molecule has 0 spiro atoms. The summed E-state index contributed by atoms with van der Waals surface area (Å²) < 4.78 is 47.2. The smallest absolute Gasteiger partial charge is 0.365 e. The maximum Gasteiger partial charge on any atom is 0.416 e. The van der Waals surface area contributed by atoms with Gasteiger partial charge in [-0.25, -0.2) is 4.68 Å². The van der Waals surface area contributed by atoms with Gasteiger partial charge in [0.15, 0.2) is 0 Å².